The van der Waals surface area contributed by atoms with E-state index in [1.807, 2.05) is 25.9 Å². The van der Waals surface area contributed by atoms with Gasteiger partial charge >= 0.3 is 0 Å². The number of nitrogens with one attached hydrogen (secondary N) is 1. The zero-order valence-corrected chi connectivity index (χ0v) is 13.9. The van der Waals surface area contributed by atoms with Crippen LogP contribution < -0.4 is 15.2 Å². The Morgan fingerprint density at radius 2 is 2.05 bits per heavy atom. The molecule has 0 aliphatic heterocycles. The van der Waals surface area contributed by atoms with Crippen molar-refractivity contribution in [2.45, 2.75) is 24.3 Å². The monoisotopic (exact) mass is 315 g/mol. The van der Waals surface area contributed by atoms with E-state index in [0.717, 1.165) is 0 Å². The van der Waals surface area contributed by atoms with Gasteiger partial charge in [-0.3, -0.25) is 0 Å². The zero-order chi connectivity index (χ0) is 16.0. The number of hydrogen-bond acceptors (Lipinski definition) is 5. The van der Waals surface area contributed by atoms with Gasteiger partial charge in [-0.05, 0) is 57.7 Å². The summed E-state index contributed by atoms with van der Waals surface area (Å²) in [5, 5.41) is 0. The summed E-state index contributed by atoms with van der Waals surface area (Å²) in [6.45, 7) is 2.69. The fourth-order valence-electron chi connectivity index (χ4n) is 1.79. The molecule has 0 heterocycles. The fraction of sp³-hybridized carbons (Fsp3) is 0.571. The topological polar surface area (TPSA) is 84.7 Å². The van der Waals surface area contributed by atoms with Crippen molar-refractivity contribution in [3.05, 3.63) is 23.8 Å². The van der Waals surface area contributed by atoms with Crippen molar-refractivity contribution in [2.24, 2.45) is 5.73 Å². The van der Waals surface area contributed by atoms with Crippen LogP contribution in [-0.4, -0.2) is 53.7 Å². The number of hydrogen-bond donors (Lipinski definition) is 2. The molecule has 7 heteroatoms. The number of nitrogens with zero attached hydrogens (tertiary/aromatic N) is 1. The highest BCUT2D eigenvalue weighted by molar-refractivity contribution is 7.89. The van der Waals surface area contributed by atoms with Crippen molar-refractivity contribution in [3.63, 3.8) is 0 Å². The van der Waals surface area contributed by atoms with Crippen molar-refractivity contribution in [2.75, 3.05) is 34.3 Å². The van der Waals surface area contributed by atoms with E-state index in [-0.39, 0.29) is 10.9 Å². The normalized spacial score (nSPS) is 13.4. The Morgan fingerprint density at radius 3 is 2.57 bits per heavy atom. The second-order valence-electron chi connectivity index (χ2n) is 5.18. The lowest BCUT2D eigenvalue weighted by Gasteiger charge is -2.20. The van der Waals surface area contributed by atoms with Gasteiger partial charge in [-0.15, -0.1) is 0 Å². The maximum Gasteiger partial charge on any atom is 0.240 e. The zero-order valence-electron chi connectivity index (χ0n) is 13.1. The van der Waals surface area contributed by atoms with Crippen molar-refractivity contribution in [1.29, 1.82) is 0 Å². The van der Waals surface area contributed by atoms with Crippen LogP contribution in [0.5, 0.6) is 5.75 Å². The van der Waals surface area contributed by atoms with Crippen molar-refractivity contribution in [3.8, 4) is 5.75 Å². The molecule has 21 heavy (non-hydrogen) atoms. The molecule has 0 spiro atoms. The number of methoxy groups -OCH3 is 1. The molecule has 120 valence electrons. The van der Waals surface area contributed by atoms with Crippen LogP contribution in [0, 0.1) is 0 Å². The molecule has 3 N–H and O–H groups in total. The van der Waals surface area contributed by atoms with E-state index in [1.54, 1.807) is 25.3 Å². The van der Waals surface area contributed by atoms with Crippen LogP contribution in [0.3, 0.4) is 0 Å². The average molecular weight is 315 g/mol. The lowest BCUT2D eigenvalue weighted by molar-refractivity contribution is 0.314. The first-order chi connectivity index (χ1) is 9.81. The Kier molecular flexibility index (Phi) is 6.60. The fourth-order valence-corrected chi connectivity index (χ4v) is 3.16. The van der Waals surface area contributed by atoms with E-state index < -0.39 is 10.0 Å². The third-order valence-electron chi connectivity index (χ3n) is 3.42. The van der Waals surface area contributed by atoms with Crippen LogP contribution in [-0.2, 0) is 16.4 Å². The Morgan fingerprint density at radius 1 is 1.38 bits per heavy atom. The smallest absolute Gasteiger partial charge is 0.240 e. The summed E-state index contributed by atoms with van der Waals surface area (Å²) in [4.78, 5) is 2.22. The van der Waals surface area contributed by atoms with Crippen molar-refractivity contribution >= 4 is 10.0 Å². The number of sulfonamides is 1. The molecular weight excluding hydrogens is 290 g/mol. The highest BCUT2D eigenvalue weighted by Crippen LogP contribution is 2.22. The number of rotatable bonds is 8. The Labute approximate surface area is 127 Å². The number of ether oxygens (including phenoxy) is 1. The van der Waals surface area contributed by atoms with Gasteiger partial charge in [0, 0.05) is 12.6 Å². The SMILES string of the molecule is COc1ccc(S(=O)(=O)NCC(C)N(C)C)c(CCN)c1. The first-order valence-electron chi connectivity index (χ1n) is 6.85. The Bertz CT molecular complexity index is 559. The van der Waals surface area contributed by atoms with Gasteiger partial charge in [0.15, 0.2) is 0 Å². The molecule has 1 aromatic rings. The predicted octanol–water partition coefficient (Wildman–Crippen LogP) is 0.425. The summed E-state index contributed by atoms with van der Waals surface area (Å²) in [5.41, 5.74) is 6.23. The van der Waals surface area contributed by atoms with Gasteiger partial charge in [-0.2, -0.15) is 0 Å². The van der Waals surface area contributed by atoms with Crippen molar-refractivity contribution < 1.29 is 13.2 Å². The standard InChI is InChI=1S/C14H25N3O3S/c1-11(17(2)3)10-16-21(18,19)14-6-5-13(20-4)9-12(14)7-8-15/h5-6,9,11,16H,7-8,10,15H2,1-4H3. The van der Waals surface area contributed by atoms with Gasteiger partial charge in [-0.1, -0.05) is 0 Å². The molecule has 0 bridgehead atoms. The molecule has 1 unspecified atom stereocenters. The molecule has 0 amide bonds. The predicted molar refractivity (Wildman–Crippen MR) is 84.1 cm³/mol. The summed E-state index contributed by atoms with van der Waals surface area (Å²) in [7, 11) is 1.81. The van der Waals surface area contributed by atoms with Crippen LogP contribution in [0.1, 0.15) is 12.5 Å². The largest absolute Gasteiger partial charge is 0.497 e. The van der Waals surface area contributed by atoms with Crippen molar-refractivity contribution in [1.82, 2.24) is 9.62 Å². The molecule has 0 aliphatic carbocycles. The minimum atomic E-state index is -3.55. The molecule has 0 radical (unpaired) electrons. The Hall–Kier alpha value is -1.15. The molecule has 1 atom stereocenters. The highest BCUT2D eigenvalue weighted by atomic mass is 32.2. The first-order valence-corrected chi connectivity index (χ1v) is 8.33. The van der Waals surface area contributed by atoms with E-state index >= 15 is 0 Å². The Balaban J connectivity index is 3.01. The summed E-state index contributed by atoms with van der Waals surface area (Å²) in [5.74, 6) is 0.624. The van der Waals surface area contributed by atoms with Gasteiger partial charge in [-0.25, -0.2) is 13.1 Å². The van der Waals surface area contributed by atoms with E-state index in [9.17, 15) is 8.42 Å². The maximum atomic E-state index is 12.4. The van der Waals surface area contributed by atoms with Gasteiger partial charge < -0.3 is 15.4 Å². The second-order valence-corrected chi connectivity index (χ2v) is 6.91. The second kappa shape index (κ2) is 7.74. The molecule has 0 saturated heterocycles. The summed E-state index contributed by atoms with van der Waals surface area (Å²) in [6.07, 6.45) is 0.483. The summed E-state index contributed by atoms with van der Waals surface area (Å²) in [6, 6.07) is 5.03. The number of likely N-dealkylation sites (N-methyl/N-ethyl adjacent to an activating group) is 1. The molecular formula is C14H25N3O3S. The van der Waals surface area contributed by atoms with Crippen LogP contribution in [0.15, 0.2) is 23.1 Å². The third kappa shape index (κ3) is 4.96. The van der Waals surface area contributed by atoms with E-state index in [0.29, 0.717) is 30.8 Å². The van der Waals surface area contributed by atoms with Gasteiger partial charge in [0.05, 0.1) is 12.0 Å². The molecule has 1 aromatic carbocycles. The van der Waals surface area contributed by atoms with Gasteiger partial charge in [0.2, 0.25) is 10.0 Å². The van der Waals surface area contributed by atoms with E-state index in [2.05, 4.69) is 4.72 Å². The number of nitrogens with two attached hydrogens (primary N) is 1. The van der Waals surface area contributed by atoms with E-state index in [4.69, 9.17) is 10.5 Å². The molecule has 0 fully saturated rings. The van der Waals surface area contributed by atoms with Crippen LogP contribution in [0.2, 0.25) is 0 Å². The third-order valence-corrected chi connectivity index (χ3v) is 4.95. The van der Waals surface area contributed by atoms with E-state index in [1.165, 1.54) is 0 Å². The summed E-state index contributed by atoms with van der Waals surface area (Å²) < 4.78 is 32.7. The lowest BCUT2D eigenvalue weighted by atomic mass is 10.1. The van der Waals surface area contributed by atoms with Crippen LogP contribution in [0.25, 0.3) is 0 Å². The minimum absolute atomic E-state index is 0.107. The average Bonchev–Trinajstić information content (AvgIpc) is 2.44. The molecule has 0 aromatic heterocycles. The summed E-state index contributed by atoms with van der Waals surface area (Å²) >= 11 is 0. The minimum Gasteiger partial charge on any atom is -0.497 e. The highest BCUT2D eigenvalue weighted by Gasteiger charge is 2.20. The van der Waals surface area contributed by atoms with Crippen LogP contribution >= 0.6 is 0 Å². The lowest BCUT2D eigenvalue weighted by Crippen LogP contribution is -2.38. The van der Waals surface area contributed by atoms with Gasteiger partial charge in [0.1, 0.15) is 5.75 Å². The molecule has 0 aliphatic rings. The number of benzene rings is 1. The first kappa shape index (κ1) is 17.9. The molecule has 0 saturated carbocycles. The maximum absolute atomic E-state index is 12.4. The molecule has 1 rings (SSSR count). The molecule has 6 nitrogen and oxygen atoms in total. The quantitative estimate of drug-likeness (QED) is 0.726. The van der Waals surface area contributed by atoms with Gasteiger partial charge in [0.25, 0.3) is 0 Å². The van der Waals surface area contributed by atoms with Crippen LogP contribution in [0.4, 0.5) is 0 Å².